The van der Waals surface area contributed by atoms with E-state index < -0.39 is 25.4 Å². The Hall–Kier alpha value is -2.47. The first-order valence-corrected chi connectivity index (χ1v) is 13.4. The molecule has 3 rings (SSSR count). The van der Waals surface area contributed by atoms with Crippen LogP contribution >= 0.6 is 0 Å². The van der Waals surface area contributed by atoms with Crippen LogP contribution in [0.4, 0.5) is 0 Å². The molecule has 0 N–H and O–H groups in total. The quantitative estimate of drug-likeness (QED) is 0.430. The van der Waals surface area contributed by atoms with Gasteiger partial charge in [0.2, 0.25) is 0 Å². The number of nitrogens with zero attached hydrogens (tertiary/aromatic N) is 1. The molecule has 0 spiro atoms. The van der Waals surface area contributed by atoms with E-state index in [0.717, 1.165) is 28.9 Å². The predicted molar refractivity (Wildman–Crippen MR) is 115 cm³/mol. The van der Waals surface area contributed by atoms with E-state index in [4.69, 9.17) is 14.5 Å². The highest BCUT2D eigenvalue weighted by Crippen LogP contribution is 2.41. The van der Waals surface area contributed by atoms with Gasteiger partial charge in [0.05, 0.1) is 22.3 Å². The van der Waals surface area contributed by atoms with Crippen molar-refractivity contribution in [2.24, 2.45) is 5.41 Å². The molecule has 0 radical (unpaired) electrons. The summed E-state index contributed by atoms with van der Waals surface area (Å²) in [7, 11) is 0.811. The first-order chi connectivity index (χ1) is 13.6. The zero-order chi connectivity index (χ0) is 21.4. The van der Waals surface area contributed by atoms with Gasteiger partial charge in [-0.2, -0.15) is 0 Å². The van der Waals surface area contributed by atoms with Crippen molar-refractivity contribution in [1.82, 2.24) is 4.98 Å². The molecule has 154 valence electrons. The highest BCUT2D eigenvalue weighted by molar-refractivity contribution is 6.89. The number of hydrogen-bond donors (Lipinski definition) is 0. The summed E-state index contributed by atoms with van der Waals surface area (Å²) in [4.78, 5) is 30.4. The van der Waals surface area contributed by atoms with Gasteiger partial charge in [0.25, 0.3) is 0 Å². The van der Waals surface area contributed by atoms with Gasteiger partial charge in [0.1, 0.15) is 0 Å². The number of fused-ring (bicyclic) bond motifs is 1. The van der Waals surface area contributed by atoms with Gasteiger partial charge < -0.3 is 9.47 Å². The number of pyridine rings is 1. The SMILES string of the molecule is COC(=O)C1(C(=O)OC)Cc2c(C)nc(Cc3ccccc3)c([Si](C)(C)C)c2C1. The molecule has 29 heavy (non-hydrogen) atoms. The monoisotopic (exact) mass is 411 g/mol. The van der Waals surface area contributed by atoms with E-state index >= 15 is 0 Å². The lowest BCUT2D eigenvalue weighted by Gasteiger charge is -2.26. The van der Waals surface area contributed by atoms with Crippen LogP contribution in [0.1, 0.15) is 28.1 Å². The highest BCUT2D eigenvalue weighted by Gasteiger charge is 2.54. The van der Waals surface area contributed by atoms with Crippen LogP contribution in [0.3, 0.4) is 0 Å². The van der Waals surface area contributed by atoms with Crippen LogP contribution in [-0.2, 0) is 38.3 Å². The van der Waals surface area contributed by atoms with Gasteiger partial charge >= 0.3 is 11.9 Å². The Morgan fingerprint density at radius 3 is 2.07 bits per heavy atom. The van der Waals surface area contributed by atoms with E-state index in [0.29, 0.717) is 6.42 Å². The summed E-state index contributed by atoms with van der Waals surface area (Å²) in [5, 5.41) is 1.25. The maximum absolute atomic E-state index is 12.7. The topological polar surface area (TPSA) is 65.5 Å². The summed E-state index contributed by atoms with van der Waals surface area (Å²) < 4.78 is 10.1. The molecular weight excluding hydrogens is 382 g/mol. The van der Waals surface area contributed by atoms with Crippen molar-refractivity contribution in [2.75, 3.05) is 14.2 Å². The van der Waals surface area contributed by atoms with Gasteiger partial charge in [0.15, 0.2) is 5.41 Å². The Bertz CT molecular complexity index is 932. The maximum Gasteiger partial charge on any atom is 0.323 e. The Kier molecular flexibility index (Phi) is 5.67. The van der Waals surface area contributed by atoms with Crippen molar-refractivity contribution in [3.8, 4) is 0 Å². The number of hydrogen-bond acceptors (Lipinski definition) is 5. The summed E-state index contributed by atoms with van der Waals surface area (Å²) >= 11 is 0. The number of ether oxygens (including phenoxy) is 2. The number of methoxy groups -OCH3 is 2. The van der Waals surface area contributed by atoms with Crippen LogP contribution in [-0.4, -0.2) is 39.2 Å². The third-order valence-electron chi connectivity index (χ3n) is 5.77. The summed E-state index contributed by atoms with van der Waals surface area (Å²) in [5.74, 6) is -1.07. The molecule has 0 aliphatic heterocycles. The fraction of sp³-hybridized carbons (Fsp3) is 0.435. The molecule has 2 aromatic rings. The lowest BCUT2D eigenvalue weighted by atomic mass is 9.84. The third kappa shape index (κ3) is 3.73. The van der Waals surface area contributed by atoms with E-state index in [1.165, 1.54) is 25.0 Å². The number of esters is 2. The smallest absolute Gasteiger partial charge is 0.323 e. The van der Waals surface area contributed by atoms with Crippen molar-refractivity contribution < 1.29 is 19.1 Å². The number of aromatic nitrogens is 1. The molecule has 0 amide bonds. The van der Waals surface area contributed by atoms with Gasteiger partial charge in [-0.05, 0) is 35.2 Å². The van der Waals surface area contributed by atoms with Crippen LogP contribution in [0.5, 0.6) is 0 Å². The second-order valence-electron chi connectivity index (χ2n) is 8.81. The Balaban J connectivity index is 2.19. The molecule has 0 bridgehead atoms. The van der Waals surface area contributed by atoms with E-state index in [9.17, 15) is 9.59 Å². The van der Waals surface area contributed by atoms with Crippen molar-refractivity contribution in [2.45, 2.75) is 45.8 Å². The van der Waals surface area contributed by atoms with E-state index in [2.05, 4.69) is 31.8 Å². The fourth-order valence-electron chi connectivity index (χ4n) is 4.53. The minimum atomic E-state index is -1.83. The Morgan fingerprint density at radius 2 is 1.55 bits per heavy atom. The summed E-state index contributed by atoms with van der Waals surface area (Å²) in [6, 6.07) is 10.3. The van der Waals surface area contributed by atoms with Crippen LogP contribution in [0.2, 0.25) is 19.6 Å². The molecule has 0 fully saturated rings. The molecule has 0 saturated carbocycles. The zero-order valence-electron chi connectivity index (χ0n) is 18.1. The summed E-state index contributed by atoms with van der Waals surface area (Å²) in [6.45, 7) is 8.81. The number of rotatable bonds is 5. The molecule has 0 atom stereocenters. The van der Waals surface area contributed by atoms with Gasteiger partial charge in [-0.1, -0.05) is 50.0 Å². The summed E-state index contributed by atoms with van der Waals surface area (Å²) in [6.07, 6.45) is 1.33. The molecule has 1 aliphatic carbocycles. The van der Waals surface area contributed by atoms with Gasteiger partial charge in [-0.25, -0.2) is 0 Å². The average Bonchev–Trinajstić information content (AvgIpc) is 3.08. The minimum absolute atomic E-state index is 0.281. The minimum Gasteiger partial charge on any atom is -0.468 e. The molecule has 6 heteroatoms. The number of benzene rings is 1. The fourth-order valence-corrected chi connectivity index (χ4v) is 6.69. The van der Waals surface area contributed by atoms with Crippen LogP contribution < -0.4 is 5.19 Å². The molecule has 0 saturated heterocycles. The number of aryl methyl sites for hydroxylation is 1. The van der Waals surface area contributed by atoms with Crippen molar-refractivity contribution >= 4 is 25.2 Å². The second-order valence-corrected chi connectivity index (χ2v) is 13.8. The molecule has 1 aromatic carbocycles. The first-order valence-electron chi connectivity index (χ1n) is 9.86. The van der Waals surface area contributed by atoms with Crippen LogP contribution in [0.25, 0.3) is 0 Å². The largest absolute Gasteiger partial charge is 0.468 e. The molecule has 1 aromatic heterocycles. The van der Waals surface area contributed by atoms with E-state index in [-0.39, 0.29) is 6.42 Å². The third-order valence-corrected chi connectivity index (χ3v) is 7.86. The number of carbonyl (C=O) groups excluding carboxylic acids is 2. The van der Waals surface area contributed by atoms with Crippen LogP contribution in [0, 0.1) is 12.3 Å². The molecule has 0 unspecified atom stereocenters. The highest BCUT2D eigenvalue weighted by atomic mass is 28.3. The van der Waals surface area contributed by atoms with Gasteiger partial charge in [-0.15, -0.1) is 0 Å². The Morgan fingerprint density at radius 1 is 1.00 bits per heavy atom. The molecule has 1 aliphatic rings. The average molecular weight is 412 g/mol. The van der Waals surface area contributed by atoms with Gasteiger partial charge in [-0.3, -0.25) is 14.6 Å². The lowest BCUT2D eigenvalue weighted by Crippen LogP contribution is -2.45. The lowest BCUT2D eigenvalue weighted by molar-refractivity contribution is -0.168. The second kappa shape index (κ2) is 7.75. The maximum atomic E-state index is 12.7. The first kappa shape index (κ1) is 21.2. The molecule has 5 nitrogen and oxygen atoms in total. The van der Waals surface area contributed by atoms with Crippen molar-refractivity contribution in [3.63, 3.8) is 0 Å². The standard InChI is InChI=1S/C23H29NO4Si/c1-15-17-13-23(21(25)27-2,22(26)28-3)14-18(17)20(29(4,5)6)19(24-15)12-16-10-8-7-9-11-16/h7-11H,12-14H2,1-6H3. The molecular formula is C23H29NO4Si. The predicted octanol–water partition coefficient (Wildman–Crippen LogP) is 2.96. The van der Waals surface area contributed by atoms with Gasteiger partial charge in [0, 0.05) is 24.2 Å². The molecule has 1 heterocycles. The number of carbonyl (C=O) groups is 2. The summed E-state index contributed by atoms with van der Waals surface area (Å²) in [5.41, 5.74) is 3.90. The van der Waals surface area contributed by atoms with Crippen LogP contribution in [0.15, 0.2) is 30.3 Å². The van der Waals surface area contributed by atoms with Crippen molar-refractivity contribution in [1.29, 1.82) is 0 Å². The zero-order valence-corrected chi connectivity index (χ0v) is 19.1. The van der Waals surface area contributed by atoms with E-state index in [1.54, 1.807) is 0 Å². The van der Waals surface area contributed by atoms with Crippen molar-refractivity contribution in [3.05, 3.63) is 58.4 Å². The normalized spacial score (nSPS) is 15.0. The Labute approximate surface area is 173 Å². The van der Waals surface area contributed by atoms with E-state index in [1.807, 2.05) is 25.1 Å².